The first-order valence-electron chi connectivity index (χ1n) is 6.54. The van der Waals surface area contributed by atoms with E-state index in [9.17, 15) is 0 Å². The Kier molecular flexibility index (Phi) is 102. The molecule has 0 bridgehead atoms. The maximum atomic E-state index is 2.66. The van der Waals surface area contributed by atoms with Crippen molar-refractivity contribution in [3.8, 4) is 0 Å². The summed E-state index contributed by atoms with van der Waals surface area (Å²) in [4.78, 5) is 0. The maximum absolute atomic E-state index is 2.66. The molecule has 18 heavy (non-hydrogen) atoms. The molecule has 0 nitrogen and oxygen atoms in total. The number of hydrogen-bond donors (Lipinski definition) is 0. The van der Waals surface area contributed by atoms with Gasteiger partial charge in [0, 0.05) is 0 Å². The molecule has 0 aliphatic heterocycles. The molecule has 0 rings (SSSR count). The molecular formula is C16H43PPd. The van der Waals surface area contributed by atoms with E-state index in [0.717, 1.165) is 17.5 Å². The third-order valence-corrected chi connectivity index (χ3v) is 1.33. The van der Waals surface area contributed by atoms with Gasteiger partial charge >= 0.3 is 20.4 Å². The predicted octanol–water partition coefficient (Wildman–Crippen LogP) is 6.91. The average Bonchev–Trinajstić information content (AvgIpc) is 2.08. The van der Waals surface area contributed by atoms with Crippen molar-refractivity contribution in [3.63, 3.8) is 0 Å². The van der Waals surface area contributed by atoms with Crippen LogP contribution >= 0.6 is 9.24 Å². The van der Waals surface area contributed by atoms with E-state index in [1.807, 2.05) is 13.8 Å². The van der Waals surface area contributed by atoms with Gasteiger partial charge in [-0.15, -0.1) is 9.24 Å². The van der Waals surface area contributed by atoms with Gasteiger partial charge in [-0.25, -0.2) is 0 Å². The third kappa shape index (κ3) is 171. The summed E-state index contributed by atoms with van der Waals surface area (Å²) in [6.07, 6.45) is 1.25. The second kappa shape index (κ2) is 43.0. The van der Waals surface area contributed by atoms with E-state index in [1.165, 1.54) is 6.42 Å². The summed E-state index contributed by atoms with van der Waals surface area (Å²) >= 11 is 0. The average molecular weight is 373 g/mol. The maximum Gasteiger partial charge on any atom is 2.00 e. The van der Waals surface area contributed by atoms with Crippen molar-refractivity contribution in [2.75, 3.05) is 0 Å². The van der Waals surface area contributed by atoms with Crippen LogP contribution in [0, 0.1) is 26.7 Å². The summed E-state index contributed by atoms with van der Waals surface area (Å²) in [5.74, 6) is 1.70. The van der Waals surface area contributed by atoms with Crippen LogP contribution in [-0.4, -0.2) is 5.66 Å². The molecule has 0 aromatic carbocycles. The van der Waals surface area contributed by atoms with Crippen LogP contribution in [-0.2, 0) is 20.4 Å². The summed E-state index contributed by atoms with van der Waals surface area (Å²) in [5, 5.41) is 0. The molecule has 0 amide bonds. The first-order chi connectivity index (χ1) is 6.79. The van der Waals surface area contributed by atoms with Gasteiger partial charge in [-0.2, -0.15) is 0 Å². The van der Waals surface area contributed by atoms with Gasteiger partial charge < -0.3 is 14.9 Å². The van der Waals surface area contributed by atoms with Crippen molar-refractivity contribution in [1.29, 1.82) is 0 Å². The van der Waals surface area contributed by atoms with E-state index in [-0.39, 0.29) is 35.3 Å². The zero-order chi connectivity index (χ0) is 13.4. The van der Waals surface area contributed by atoms with Gasteiger partial charge in [-0.05, 0) is 17.5 Å². The zero-order valence-corrected chi connectivity index (χ0v) is 18.0. The van der Waals surface area contributed by atoms with E-state index in [0.29, 0.717) is 0 Å². The Morgan fingerprint density at radius 2 is 0.778 bits per heavy atom. The molecule has 0 aromatic rings. The summed E-state index contributed by atoms with van der Waals surface area (Å²) in [7, 11) is 2.66. The topological polar surface area (TPSA) is 0 Å². The minimum absolute atomic E-state index is 0. The molecule has 0 aromatic heterocycles. The number of hydrogen-bond acceptors (Lipinski definition) is 0. The molecular weight excluding hydrogens is 330 g/mol. The van der Waals surface area contributed by atoms with Crippen LogP contribution < -0.4 is 0 Å². The van der Waals surface area contributed by atoms with Crippen LogP contribution in [0.2, 0.25) is 0 Å². The van der Waals surface area contributed by atoms with Gasteiger partial charge in [-0.1, -0.05) is 75.7 Å². The van der Waals surface area contributed by atoms with Crippen molar-refractivity contribution in [3.05, 3.63) is 14.9 Å². The Morgan fingerprint density at radius 1 is 0.722 bits per heavy atom. The molecule has 0 saturated heterocycles. The quantitative estimate of drug-likeness (QED) is 0.266. The molecule has 2 heteroatoms. The first-order valence-corrected chi connectivity index (χ1v) is 7.21. The Labute approximate surface area is 137 Å². The van der Waals surface area contributed by atoms with E-state index in [1.54, 1.807) is 0 Å². The van der Waals surface area contributed by atoms with Crippen LogP contribution in [0.3, 0.4) is 0 Å². The second-order valence-corrected chi connectivity index (χ2v) is 5.77. The minimum Gasteiger partial charge on any atom is -0.358 e. The smallest absolute Gasteiger partial charge is 0.358 e. The monoisotopic (exact) mass is 372 g/mol. The second-order valence-electron chi connectivity index (χ2n) is 4.44. The van der Waals surface area contributed by atoms with Gasteiger partial charge in [0.2, 0.25) is 0 Å². The van der Waals surface area contributed by atoms with Crippen molar-refractivity contribution in [2.24, 2.45) is 11.8 Å². The van der Waals surface area contributed by atoms with Crippen LogP contribution in [0.25, 0.3) is 0 Å². The van der Waals surface area contributed by atoms with E-state index < -0.39 is 0 Å². The third-order valence-electron chi connectivity index (χ3n) is 1.33. The van der Waals surface area contributed by atoms with Crippen molar-refractivity contribution in [1.82, 2.24) is 0 Å². The normalized spacial score (nSPS) is 7.00. The van der Waals surface area contributed by atoms with Crippen LogP contribution in [0.1, 0.15) is 75.7 Å². The SMILES string of the molecule is CC.CC(C)C(C)C.CC(C)P.CCC.[CH3-].[CH3-].[Pd+2]. The zero-order valence-electron chi connectivity index (χ0n) is 15.3. The molecule has 0 fully saturated rings. The van der Waals surface area contributed by atoms with Crippen LogP contribution in [0.15, 0.2) is 0 Å². The molecule has 0 saturated carbocycles. The molecule has 0 N–H and O–H groups in total. The Bertz CT molecular complexity index is 62.7. The molecule has 0 aliphatic rings. The minimum atomic E-state index is 0. The molecule has 122 valence electrons. The molecule has 1 unspecified atom stereocenters. The van der Waals surface area contributed by atoms with E-state index >= 15 is 0 Å². The van der Waals surface area contributed by atoms with Gasteiger partial charge in [-0.3, -0.25) is 0 Å². The van der Waals surface area contributed by atoms with Crippen molar-refractivity contribution >= 4 is 9.24 Å². The van der Waals surface area contributed by atoms with E-state index in [2.05, 4.69) is 64.6 Å². The summed E-state index contributed by atoms with van der Waals surface area (Å²) in [6.45, 7) is 21.5. The summed E-state index contributed by atoms with van der Waals surface area (Å²) in [6, 6.07) is 0. The Morgan fingerprint density at radius 3 is 0.778 bits per heavy atom. The molecule has 1 atom stereocenters. The van der Waals surface area contributed by atoms with Gasteiger partial charge in [0.15, 0.2) is 0 Å². The van der Waals surface area contributed by atoms with Crippen LogP contribution in [0.5, 0.6) is 0 Å². The Hall–Kier alpha value is 1.09. The van der Waals surface area contributed by atoms with E-state index in [4.69, 9.17) is 0 Å². The predicted molar refractivity (Wildman–Crippen MR) is 94.7 cm³/mol. The van der Waals surface area contributed by atoms with Gasteiger partial charge in [0.25, 0.3) is 0 Å². The van der Waals surface area contributed by atoms with Gasteiger partial charge in [0.1, 0.15) is 0 Å². The van der Waals surface area contributed by atoms with Crippen molar-refractivity contribution in [2.45, 2.75) is 81.3 Å². The number of rotatable bonds is 1. The molecule has 0 aliphatic carbocycles. The molecule has 0 radical (unpaired) electrons. The fraction of sp³-hybridized carbons (Fsp3) is 0.875. The largest absolute Gasteiger partial charge is 2.00 e. The first kappa shape index (κ1) is 42.7. The fourth-order valence-electron chi connectivity index (χ4n) is 0. The standard InChI is InChI=1S/C6H14.C3H9P.C3H8.C2H6.2CH3.Pd/c1-5(2)6(3)4;1-3(2)4;1-3-2;1-2;;;/h5-6H,1-4H3;3H,4H2,1-2H3;3H2,1-2H3;1-2H3;2*1H3;/q;;;;2*-1;+2. The summed E-state index contributed by atoms with van der Waals surface area (Å²) < 4.78 is 0. The van der Waals surface area contributed by atoms with Crippen molar-refractivity contribution < 1.29 is 20.4 Å². The molecule has 0 heterocycles. The Balaban J connectivity index is -0.0000000182. The van der Waals surface area contributed by atoms with Gasteiger partial charge in [0.05, 0.1) is 0 Å². The molecule has 0 spiro atoms. The van der Waals surface area contributed by atoms with Crippen LogP contribution in [0.4, 0.5) is 0 Å². The fourth-order valence-corrected chi connectivity index (χ4v) is 0. The summed E-state index contributed by atoms with van der Waals surface area (Å²) in [5.41, 5.74) is 0.750.